The number of carbonyl (C=O) groups is 3. The molecule has 1 aliphatic heterocycles. The number of ether oxygens (including phenoxy) is 2. The standard InChI is InChI=1S/C24H20N2O5/c1-14-4-10-21-19(12-14)26(2)23(28)18-13-17(9-11-20(18)31-21)25-22(27)15-5-7-16(8-6-15)24(29)30-3/h4-13H,1-3H3,(H,25,27). The van der Waals surface area contributed by atoms with Crippen LogP contribution in [0.1, 0.15) is 36.6 Å². The van der Waals surface area contributed by atoms with Crippen LogP contribution in [-0.2, 0) is 4.74 Å². The molecule has 0 bridgehead atoms. The molecule has 2 amide bonds. The Hall–Kier alpha value is -4.13. The second-order valence-electron chi connectivity index (χ2n) is 7.17. The molecule has 0 radical (unpaired) electrons. The van der Waals surface area contributed by atoms with Gasteiger partial charge in [-0.15, -0.1) is 0 Å². The Bertz CT molecular complexity index is 1200. The number of nitrogens with one attached hydrogen (secondary N) is 1. The first-order chi connectivity index (χ1) is 14.9. The lowest BCUT2D eigenvalue weighted by Gasteiger charge is -2.16. The summed E-state index contributed by atoms with van der Waals surface area (Å²) in [5.41, 5.74) is 3.20. The summed E-state index contributed by atoms with van der Waals surface area (Å²) < 4.78 is 10.6. The smallest absolute Gasteiger partial charge is 0.337 e. The van der Waals surface area contributed by atoms with Gasteiger partial charge in [-0.2, -0.15) is 0 Å². The number of nitrogens with zero attached hydrogens (tertiary/aromatic N) is 1. The minimum absolute atomic E-state index is 0.238. The van der Waals surface area contributed by atoms with Gasteiger partial charge in [-0.25, -0.2) is 4.79 Å². The normalized spacial score (nSPS) is 12.2. The first-order valence-electron chi connectivity index (χ1n) is 9.57. The van der Waals surface area contributed by atoms with E-state index in [0.29, 0.717) is 39.6 Å². The number of rotatable bonds is 3. The average molecular weight is 416 g/mol. The van der Waals surface area contributed by atoms with Gasteiger partial charge >= 0.3 is 5.97 Å². The number of esters is 1. The topological polar surface area (TPSA) is 84.9 Å². The van der Waals surface area contributed by atoms with E-state index in [0.717, 1.165) is 5.56 Å². The molecule has 0 saturated heterocycles. The fourth-order valence-electron chi connectivity index (χ4n) is 3.33. The van der Waals surface area contributed by atoms with Crippen LogP contribution >= 0.6 is 0 Å². The fraction of sp³-hybridized carbons (Fsp3) is 0.125. The summed E-state index contributed by atoms with van der Waals surface area (Å²) in [5.74, 6) is -0.0809. The lowest BCUT2D eigenvalue weighted by molar-refractivity contribution is 0.0600. The SMILES string of the molecule is COC(=O)c1ccc(C(=O)Nc2ccc3c(c2)C(=O)N(C)c2cc(C)ccc2O3)cc1. The predicted molar refractivity (Wildman–Crippen MR) is 116 cm³/mol. The highest BCUT2D eigenvalue weighted by molar-refractivity contribution is 6.11. The van der Waals surface area contributed by atoms with Crippen molar-refractivity contribution < 1.29 is 23.9 Å². The Balaban J connectivity index is 1.59. The summed E-state index contributed by atoms with van der Waals surface area (Å²) >= 11 is 0. The minimum atomic E-state index is -0.475. The number of carbonyl (C=O) groups excluding carboxylic acids is 3. The van der Waals surface area contributed by atoms with E-state index in [1.54, 1.807) is 25.2 Å². The molecular weight excluding hydrogens is 396 g/mol. The predicted octanol–water partition coefficient (Wildman–Crippen LogP) is 4.42. The molecule has 0 aromatic heterocycles. The number of amides is 2. The van der Waals surface area contributed by atoms with E-state index in [-0.39, 0.29) is 11.8 Å². The van der Waals surface area contributed by atoms with Crippen molar-refractivity contribution in [3.8, 4) is 11.5 Å². The first kappa shape index (κ1) is 20.2. The summed E-state index contributed by atoms with van der Waals surface area (Å²) in [6, 6.07) is 16.7. The maximum Gasteiger partial charge on any atom is 0.337 e. The number of methoxy groups -OCH3 is 1. The molecule has 0 saturated carbocycles. The zero-order chi connectivity index (χ0) is 22.1. The van der Waals surface area contributed by atoms with Crippen molar-refractivity contribution in [1.29, 1.82) is 0 Å². The van der Waals surface area contributed by atoms with Crippen molar-refractivity contribution in [2.24, 2.45) is 0 Å². The monoisotopic (exact) mass is 416 g/mol. The van der Waals surface area contributed by atoms with Gasteiger partial charge in [-0.3, -0.25) is 9.59 Å². The molecule has 3 aromatic rings. The third kappa shape index (κ3) is 3.85. The fourth-order valence-corrected chi connectivity index (χ4v) is 3.33. The average Bonchev–Trinajstić information content (AvgIpc) is 2.88. The molecular formula is C24H20N2O5. The summed E-state index contributed by atoms with van der Waals surface area (Å²) in [4.78, 5) is 38.7. The van der Waals surface area contributed by atoms with E-state index in [2.05, 4.69) is 10.1 Å². The number of hydrogen-bond acceptors (Lipinski definition) is 5. The second kappa shape index (κ2) is 7.95. The van der Waals surface area contributed by atoms with Crippen LogP contribution in [0.5, 0.6) is 11.5 Å². The molecule has 3 aromatic carbocycles. The molecule has 0 fully saturated rings. The van der Waals surface area contributed by atoms with Gasteiger partial charge < -0.3 is 19.7 Å². The quantitative estimate of drug-likeness (QED) is 0.639. The largest absolute Gasteiger partial charge is 0.465 e. The van der Waals surface area contributed by atoms with Crippen LogP contribution in [-0.4, -0.2) is 31.9 Å². The van der Waals surface area contributed by atoms with Crippen molar-refractivity contribution in [3.05, 3.63) is 82.9 Å². The molecule has 1 aliphatic rings. The highest BCUT2D eigenvalue weighted by atomic mass is 16.5. The molecule has 7 nitrogen and oxygen atoms in total. The van der Waals surface area contributed by atoms with Crippen molar-refractivity contribution in [2.45, 2.75) is 6.92 Å². The Morgan fingerprint density at radius 3 is 2.32 bits per heavy atom. The van der Waals surface area contributed by atoms with Gasteiger partial charge in [0, 0.05) is 18.3 Å². The molecule has 0 atom stereocenters. The molecule has 1 N–H and O–H groups in total. The lowest BCUT2D eigenvalue weighted by atomic mass is 10.1. The van der Waals surface area contributed by atoms with E-state index >= 15 is 0 Å². The molecule has 0 aliphatic carbocycles. The first-order valence-corrected chi connectivity index (χ1v) is 9.57. The maximum absolute atomic E-state index is 13.0. The highest BCUT2D eigenvalue weighted by Crippen LogP contribution is 2.39. The Morgan fingerprint density at radius 2 is 1.61 bits per heavy atom. The number of anilines is 2. The van der Waals surface area contributed by atoms with E-state index in [1.807, 2.05) is 25.1 Å². The van der Waals surface area contributed by atoms with Crippen LogP contribution in [0.3, 0.4) is 0 Å². The summed E-state index contributed by atoms with van der Waals surface area (Å²) in [6.45, 7) is 1.95. The van der Waals surface area contributed by atoms with Crippen LogP contribution < -0.4 is 15.0 Å². The van der Waals surface area contributed by atoms with Gasteiger partial charge in [-0.1, -0.05) is 6.07 Å². The van der Waals surface area contributed by atoms with E-state index in [1.165, 1.54) is 36.3 Å². The van der Waals surface area contributed by atoms with Crippen molar-refractivity contribution in [3.63, 3.8) is 0 Å². The molecule has 1 heterocycles. The van der Waals surface area contributed by atoms with Gasteiger partial charge in [0.05, 0.1) is 23.9 Å². The van der Waals surface area contributed by atoms with E-state index in [9.17, 15) is 14.4 Å². The summed E-state index contributed by atoms with van der Waals surface area (Å²) in [7, 11) is 2.98. The van der Waals surface area contributed by atoms with Gasteiger partial charge in [0.1, 0.15) is 5.75 Å². The van der Waals surface area contributed by atoms with Gasteiger partial charge in [0.25, 0.3) is 11.8 Å². The highest BCUT2D eigenvalue weighted by Gasteiger charge is 2.26. The third-order valence-corrected chi connectivity index (χ3v) is 5.04. The Morgan fingerprint density at radius 1 is 0.935 bits per heavy atom. The molecule has 4 rings (SSSR count). The number of hydrogen-bond donors (Lipinski definition) is 1. The summed E-state index contributed by atoms with van der Waals surface area (Å²) in [5, 5.41) is 2.78. The molecule has 0 spiro atoms. The van der Waals surface area contributed by atoms with Gasteiger partial charge in [0.15, 0.2) is 5.75 Å². The molecule has 0 unspecified atom stereocenters. The zero-order valence-electron chi connectivity index (χ0n) is 17.3. The van der Waals surface area contributed by atoms with Gasteiger partial charge in [0.2, 0.25) is 0 Å². The van der Waals surface area contributed by atoms with Crippen LogP contribution in [0, 0.1) is 6.92 Å². The Labute approximate surface area is 179 Å². The van der Waals surface area contributed by atoms with Crippen molar-refractivity contribution in [1.82, 2.24) is 0 Å². The molecule has 7 heteroatoms. The van der Waals surface area contributed by atoms with Crippen molar-refractivity contribution >= 4 is 29.2 Å². The maximum atomic E-state index is 13.0. The van der Waals surface area contributed by atoms with Gasteiger partial charge in [-0.05, 0) is 67.1 Å². The van der Waals surface area contributed by atoms with Crippen LogP contribution in [0.4, 0.5) is 11.4 Å². The second-order valence-corrected chi connectivity index (χ2v) is 7.17. The van der Waals surface area contributed by atoms with E-state index in [4.69, 9.17) is 4.74 Å². The number of fused-ring (bicyclic) bond motifs is 2. The minimum Gasteiger partial charge on any atom is -0.465 e. The number of aryl methyl sites for hydroxylation is 1. The van der Waals surface area contributed by atoms with Crippen LogP contribution in [0.2, 0.25) is 0 Å². The van der Waals surface area contributed by atoms with Crippen LogP contribution in [0.25, 0.3) is 0 Å². The van der Waals surface area contributed by atoms with E-state index < -0.39 is 5.97 Å². The molecule has 156 valence electrons. The van der Waals surface area contributed by atoms with Crippen LogP contribution in [0.15, 0.2) is 60.7 Å². The van der Waals surface area contributed by atoms with Crippen molar-refractivity contribution in [2.75, 3.05) is 24.4 Å². The third-order valence-electron chi connectivity index (χ3n) is 5.04. The molecule has 31 heavy (non-hydrogen) atoms. The number of benzene rings is 3. The summed E-state index contributed by atoms with van der Waals surface area (Å²) in [6.07, 6.45) is 0. The lowest BCUT2D eigenvalue weighted by Crippen LogP contribution is -2.25. The zero-order valence-corrected chi connectivity index (χ0v) is 17.3. The Kier molecular flexibility index (Phi) is 5.17.